The second-order valence-corrected chi connectivity index (χ2v) is 8.48. The van der Waals surface area contributed by atoms with Crippen molar-refractivity contribution in [1.29, 1.82) is 0 Å². The molecule has 25 heavy (non-hydrogen) atoms. The van der Waals surface area contributed by atoms with Crippen molar-refractivity contribution in [2.45, 2.75) is 24.2 Å². The van der Waals surface area contributed by atoms with Crippen molar-refractivity contribution in [2.24, 2.45) is 5.73 Å². The van der Waals surface area contributed by atoms with Crippen molar-refractivity contribution in [1.82, 2.24) is 4.72 Å². The summed E-state index contributed by atoms with van der Waals surface area (Å²) < 4.78 is 26.6. The molecule has 1 aromatic carbocycles. The van der Waals surface area contributed by atoms with Crippen molar-refractivity contribution in [3.05, 3.63) is 45.6 Å². The lowest BCUT2D eigenvalue weighted by molar-refractivity contribution is 0.103. The summed E-state index contributed by atoms with van der Waals surface area (Å²) >= 11 is 1.51. The summed E-state index contributed by atoms with van der Waals surface area (Å²) in [5.74, 6) is -0.209. The average molecular weight is 402 g/mol. The van der Waals surface area contributed by atoms with Gasteiger partial charge in [0.05, 0.1) is 9.77 Å². The number of sulfonamides is 1. The molecule has 1 aromatic heterocycles. The van der Waals surface area contributed by atoms with E-state index >= 15 is 0 Å². The molecule has 1 aliphatic carbocycles. The Balaban J connectivity index is 0.00000225. The number of anilines is 1. The normalized spacial score (nSPS) is 13.2. The number of carbonyl (C=O) groups is 1. The van der Waals surface area contributed by atoms with Gasteiger partial charge in [0.1, 0.15) is 0 Å². The number of fused-ring (bicyclic) bond motifs is 1. The number of nitrogens with one attached hydrogen (secondary N) is 2. The van der Waals surface area contributed by atoms with E-state index in [-0.39, 0.29) is 36.3 Å². The van der Waals surface area contributed by atoms with Crippen molar-refractivity contribution in [3.8, 4) is 0 Å². The zero-order valence-electron chi connectivity index (χ0n) is 13.4. The molecule has 3 rings (SSSR count). The molecule has 4 N–H and O–H groups in total. The van der Waals surface area contributed by atoms with E-state index in [4.69, 9.17) is 5.73 Å². The van der Waals surface area contributed by atoms with E-state index in [1.165, 1.54) is 33.9 Å². The topological polar surface area (TPSA) is 101 Å². The summed E-state index contributed by atoms with van der Waals surface area (Å²) in [5, 5.41) is 2.77. The molecule has 0 bridgehead atoms. The van der Waals surface area contributed by atoms with Gasteiger partial charge in [0.15, 0.2) is 0 Å². The number of aryl methyl sites for hydroxylation is 2. The van der Waals surface area contributed by atoms with E-state index in [1.807, 2.05) is 6.07 Å². The SMILES string of the molecule is Cl.NCCNS(=O)(=O)c1cccc(NC(=O)c2cc3c(s2)CCC3)c1. The van der Waals surface area contributed by atoms with Crippen LogP contribution in [0.4, 0.5) is 5.69 Å². The molecule has 0 atom stereocenters. The fourth-order valence-electron chi connectivity index (χ4n) is 2.65. The van der Waals surface area contributed by atoms with Crippen LogP contribution in [0.1, 0.15) is 26.5 Å². The number of carbonyl (C=O) groups excluding carboxylic acids is 1. The quantitative estimate of drug-likeness (QED) is 0.690. The second kappa shape index (κ2) is 8.29. The summed E-state index contributed by atoms with van der Waals surface area (Å²) in [6, 6.07) is 8.13. The molecule has 6 nitrogen and oxygen atoms in total. The first kappa shape index (κ1) is 19.9. The molecule has 0 radical (unpaired) electrons. The molecule has 0 spiro atoms. The third-order valence-corrected chi connectivity index (χ3v) is 6.50. The third kappa shape index (κ3) is 4.59. The van der Waals surface area contributed by atoms with E-state index in [9.17, 15) is 13.2 Å². The lowest BCUT2D eigenvalue weighted by Crippen LogP contribution is -2.29. The van der Waals surface area contributed by atoms with Crippen LogP contribution in [0.2, 0.25) is 0 Å². The number of thiophene rings is 1. The Morgan fingerprint density at radius 1 is 1.24 bits per heavy atom. The Kier molecular flexibility index (Phi) is 6.59. The average Bonchev–Trinajstić information content (AvgIpc) is 3.15. The molecule has 9 heteroatoms. The molecule has 0 saturated carbocycles. The van der Waals surface area contributed by atoms with E-state index in [0.29, 0.717) is 10.6 Å². The predicted octanol–water partition coefficient (Wildman–Crippen LogP) is 2.15. The van der Waals surface area contributed by atoms with Gasteiger partial charge in [-0.25, -0.2) is 13.1 Å². The van der Waals surface area contributed by atoms with E-state index in [0.717, 1.165) is 19.3 Å². The van der Waals surface area contributed by atoms with Crippen LogP contribution in [0.5, 0.6) is 0 Å². The molecular weight excluding hydrogens is 382 g/mol. The molecule has 0 unspecified atom stereocenters. The largest absolute Gasteiger partial charge is 0.329 e. The van der Waals surface area contributed by atoms with Crippen LogP contribution in [0.3, 0.4) is 0 Å². The van der Waals surface area contributed by atoms with Crippen molar-refractivity contribution >= 4 is 45.4 Å². The highest BCUT2D eigenvalue weighted by atomic mass is 35.5. The number of halogens is 1. The number of hydrogen-bond donors (Lipinski definition) is 3. The highest BCUT2D eigenvalue weighted by Crippen LogP contribution is 2.31. The number of amides is 1. The number of nitrogens with two attached hydrogens (primary N) is 1. The standard InChI is InChI=1S/C16H19N3O3S2.ClH/c17-7-8-18-24(21,22)13-5-2-4-12(10-13)19-16(20)15-9-11-3-1-6-14(11)23-15;/h2,4-5,9-10,18H,1,3,6-8,17H2,(H,19,20);1H. The lowest BCUT2D eigenvalue weighted by Gasteiger charge is -2.08. The van der Waals surface area contributed by atoms with Crippen LogP contribution in [0, 0.1) is 0 Å². The van der Waals surface area contributed by atoms with Gasteiger partial charge >= 0.3 is 0 Å². The monoisotopic (exact) mass is 401 g/mol. The maximum atomic E-state index is 12.4. The van der Waals surface area contributed by atoms with Gasteiger partial charge in [-0.3, -0.25) is 4.79 Å². The number of benzene rings is 1. The molecule has 1 aliphatic rings. The minimum atomic E-state index is -3.62. The van der Waals surface area contributed by atoms with E-state index < -0.39 is 10.0 Å². The van der Waals surface area contributed by atoms with Crippen LogP contribution in [-0.4, -0.2) is 27.4 Å². The first-order valence-corrected chi connectivity index (χ1v) is 10.0. The van der Waals surface area contributed by atoms with Crippen molar-refractivity contribution in [3.63, 3.8) is 0 Å². The molecule has 1 amide bonds. The van der Waals surface area contributed by atoms with Crippen molar-refractivity contribution in [2.75, 3.05) is 18.4 Å². The minimum absolute atomic E-state index is 0. The summed E-state index contributed by atoms with van der Waals surface area (Å²) in [4.78, 5) is 14.4. The van der Waals surface area contributed by atoms with Gasteiger partial charge in [-0.2, -0.15) is 0 Å². The molecule has 0 saturated heterocycles. The maximum Gasteiger partial charge on any atom is 0.265 e. The summed E-state index contributed by atoms with van der Waals surface area (Å²) in [7, 11) is -3.62. The molecule has 0 aliphatic heterocycles. The van der Waals surface area contributed by atoms with E-state index in [2.05, 4.69) is 10.0 Å². The van der Waals surface area contributed by atoms with Gasteiger partial charge in [-0.1, -0.05) is 6.07 Å². The number of rotatable bonds is 6. The Morgan fingerprint density at radius 3 is 2.76 bits per heavy atom. The van der Waals surface area contributed by atoms with Gasteiger partial charge in [0.2, 0.25) is 10.0 Å². The lowest BCUT2D eigenvalue weighted by atomic mass is 10.2. The Bertz CT molecular complexity index is 844. The van der Waals surface area contributed by atoms with Crippen LogP contribution >= 0.6 is 23.7 Å². The van der Waals surface area contributed by atoms with Gasteiger partial charge in [-0.05, 0) is 49.1 Å². The zero-order chi connectivity index (χ0) is 17.2. The Labute approximate surface area is 157 Å². The Hall–Kier alpha value is -1.45. The molecule has 0 fully saturated rings. The van der Waals surface area contributed by atoms with Gasteiger partial charge in [0.25, 0.3) is 5.91 Å². The van der Waals surface area contributed by atoms with Gasteiger partial charge < -0.3 is 11.1 Å². The summed E-state index contributed by atoms with van der Waals surface area (Å²) in [5.41, 5.74) is 7.03. The van der Waals surface area contributed by atoms with Crippen molar-refractivity contribution < 1.29 is 13.2 Å². The fraction of sp³-hybridized carbons (Fsp3) is 0.312. The molecule has 136 valence electrons. The smallest absolute Gasteiger partial charge is 0.265 e. The molecule has 1 heterocycles. The van der Waals surface area contributed by atoms with Crippen LogP contribution in [0.25, 0.3) is 0 Å². The van der Waals surface area contributed by atoms with Gasteiger partial charge in [0, 0.05) is 23.7 Å². The second-order valence-electron chi connectivity index (χ2n) is 5.58. The Morgan fingerprint density at radius 2 is 2.04 bits per heavy atom. The summed E-state index contributed by atoms with van der Waals surface area (Å²) in [6.45, 7) is 0.387. The third-order valence-electron chi connectivity index (χ3n) is 3.81. The van der Waals surface area contributed by atoms with Gasteiger partial charge in [-0.15, -0.1) is 23.7 Å². The number of hydrogen-bond acceptors (Lipinski definition) is 5. The molecular formula is C16H20ClN3O3S2. The van der Waals surface area contributed by atoms with Crippen LogP contribution < -0.4 is 15.8 Å². The predicted molar refractivity (Wildman–Crippen MR) is 102 cm³/mol. The summed E-state index contributed by atoms with van der Waals surface area (Å²) in [6.07, 6.45) is 3.21. The highest BCUT2D eigenvalue weighted by molar-refractivity contribution is 7.89. The maximum absolute atomic E-state index is 12.4. The van der Waals surface area contributed by atoms with E-state index in [1.54, 1.807) is 12.1 Å². The fourth-order valence-corrected chi connectivity index (χ4v) is 4.89. The minimum Gasteiger partial charge on any atom is -0.329 e. The van der Waals surface area contributed by atoms with Crippen LogP contribution in [0.15, 0.2) is 35.2 Å². The first-order chi connectivity index (χ1) is 11.5. The van der Waals surface area contributed by atoms with Crippen LogP contribution in [-0.2, 0) is 22.9 Å². The zero-order valence-corrected chi connectivity index (χ0v) is 15.9. The first-order valence-electron chi connectivity index (χ1n) is 7.72. The molecule has 2 aromatic rings. The highest BCUT2D eigenvalue weighted by Gasteiger charge is 2.19.